The fraction of sp³-hybridized carbons (Fsp3) is 0.938. The number of nitrogens with one attached hydrogen (secondary N) is 1. The van der Waals surface area contributed by atoms with Crippen molar-refractivity contribution in [2.75, 3.05) is 19.8 Å². The standard InChI is InChI=1S/C16H30N2O2/c1-12(2)11-20-10-9-18-14(13(3)4)17-16(15(18)19)7-5-6-8-16/h12-14,17H,5-11H2,1-4H3. The molecule has 1 saturated carbocycles. The Morgan fingerprint density at radius 3 is 2.50 bits per heavy atom. The summed E-state index contributed by atoms with van der Waals surface area (Å²) >= 11 is 0. The van der Waals surface area contributed by atoms with Crippen molar-refractivity contribution >= 4 is 5.91 Å². The summed E-state index contributed by atoms with van der Waals surface area (Å²) in [5, 5.41) is 3.64. The number of amides is 1. The van der Waals surface area contributed by atoms with Crippen LogP contribution in [0.25, 0.3) is 0 Å². The van der Waals surface area contributed by atoms with Crippen LogP contribution in [0.5, 0.6) is 0 Å². The number of nitrogens with zero attached hydrogens (tertiary/aromatic N) is 1. The minimum absolute atomic E-state index is 0.170. The molecular formula is C16H30N2O2. The first-order valence-electron chi connectivity index (χ1n) is 8.13. The third-order valence-corrected chi connectivity index (χ3v) is 4.45. The molecule has 1 heterocycles. The minimum Gasteiger partial charge on any atom is -0.379 e. The number of ether oxygens (including phenoxy) is 1. The van der Waals surface area contributed by atoms with Crippen LogP contribution in [0.15, 0.2) is 0 Å². The topological polar surface area (TPSA) is 41.6 Å². The van der Waals surface area contributed by atoms with Crippen LogP contribution in [0.3, 0.4) is 0 Å². The number of rotatable bonds is 6. The number of hydrogen-bond donors (Lipinski definition) is 1. The third kappa shape index (κ3) is 3.17. The average molecular weight is 282 g/mol. The van der Waals surface area contributed by atoms with Crippen LogP contribution < -0.4 is 5.32 Å². The molecule has 2 fully saturated rings. The van der Waals surface area contributed by atoms with Gasteiger partial charge in [-0.2, -0.15) is 0 Å². The molecule has 1 unspecified atom stereocenters. The molecule has 0 aromatic carbocycles. The molecule has 1 atom stereocenters. The second-order valence-electron chi connectivity index (χ2n) is 7.09. The lowest BCUT2D eigenvalue weighted by Crippen LogP contribution is -2.45. The van der Waals surface area contributed by atoms with Crippen LogP contribution >= 0.6 is 0 Å². The van der Waals surface area contributed by atoms with Gasteiger partial charge in [-0.3, -0.25) is 10.1 Å². The van der Waals surface area contributed by atoms with Gasteiger partial charge in [0.25, 0.3) is 0 Å². The van der Waals surface area contributed by atoms with Crippen LogP contribution in [0.2, 0.25) is 0 Å². The van der Waals surface area contributed by atoms with Gasteiger partial charge in [0.1, 0.15) is 0 Å². The summed E-state index contributed by atoms with van der Waals surface area (Å²) in [6.45, 7) is 10.8. The van der Waals surface area contributed by atoms with Gasteiger partial charge in [-0.1, -0.05) is 40.5 Å². The molecule has 1 amide bonds. The highest BCUT2D eigenvalue weighted by molar-refractivity contribution is 5.89. The van der Waals surface area contributed by atoms with Gasteiger partial charge in [0.2, 0.25) is 5.91 Å². The van der Waals surface area contributed by atoms with Gasteiger partial charge in [0.15, 0.2) is 0 Å². The van der Waals surface area contributed by atoms with E-state index in [1.54, 1.807) is 0 Å². The Balaban J connectivity index is 1.95. The lowest BCUT2D eigenvalue weighted by molar-refractivity contribution is -0.134. The molecule has 0 aromatic rings. The second kappa shape index (κ2) is 6.44. The Morgan fingerprint density at radius 1 is 1.30 bits per heavy atom. The van der Waals surface area contributed by atoms with Gasteiger partial charge in [0.05, 0.1) is 18.3 Å². The van der Waals surface area contributed by atoms with E-state index in [1.165, 1.54) is 12.8 Å². The summed E-state index contributed by atoms with van der Waals surface area (Å²) in [7, 11) is 0. The summed E-state index contributed by atoms with van der Waals surface area (Å²) in [4.78, 5) is 14.8. The van der Waals surface area contributed by atoms with Crippen molar-refractivity contribution < 1.29 is 9.53 Å². The lowest BCUT2D eigenvalue weighted by atomic mass is 9.98. The zero-order chi connectivity index (χ0) is 14.8. The molecule has 1 saturated heterocycles. The van der Waals surface area contributed by atoms with Crippen molar-refractivity contribution in [1.29, 1.82) is 0 Å². The van der Waals surface area contributed by atoms with Gasteiger partial charge in [0, 0.05) is 13.2 Å². The van der Waals surface area contributed by atoms with E-state index in [9.17, 15) is 4.79 Å². The molecule has 0 radical (unpaired) electrons. The Morgan fingerprint density at radius 2 is 1.95 bits per heavy atom. The maximum Gasteiger partial charge on any atom is 0.244 e. The second-order valence-corrected chi connectivity index (χ2v) is 7.09. The lowest BCUT2D eigenvalue weighted by Gasteiger charge is -2.27. The van der Waals surface area contributed by atoms with Crippen LogP contribution in [0, 0.1) is 11.8 Å². The van der Waals surface area contributed by atoms with E-state index < -0.39 is 0 Å². The Kier molecular flexibility index (Phi) is 5.08. The molecule has 0 aromatic heterocycles. The smallest absolute Gasteiger partial charge is 0.244 e. The monoisotopic (exact) mass is 282 g/mol. The Hall–Kier alpha value is -0.610. The quantitative estimate of drug-likeness (QED) is 0.761. The van der Waals surface area contributed by atoms with E-state index in [-0.39, 0.29) is 11.7 Å². The number of carbonyl (C=O) groups excluding carboxylic acids is 1. The van der Waals surface area contributed by atoms with Crippen LogP contribution in [-0.2, 0) is 9.53 Å². The first kappa shape index (κ1) is 15.8. The number of hydrogen-bond acceptors (Lipinski definition) is 3. The molecule has 1 spiro atoms. The molecule has 116 valence electrons. The summed E-state index contributed by atoms with van der Waals surface area (Å²) < 4.78 is 5.66. The summed E-state index contributed by atoms with van der Waals surface area (Å²) in [6, 6.07) is 0. The van der Waals surface area contributed by atoms with Crippen molar-refractivity contribution in [2.24, 2.45) is 11.8 Å². The maximum atomic E-state index is 12.8. The molecule has 1 aliphatic heterocycles. The predicted molar refractivity (Wildman–Crippen MR) is 80.3 cm³/mol. The van der Waals surface area contributed by atoms with Gasteiger partial charge >= 0.3 is 0 Å². The molecule has 2 rings (SSSR count). The van der Waals surface area contributed by atoms with E-state index in [2.05, 4.69) is 33.0 Å². The van der Waals surface area contributed by atoms with E-state index in [1.807, 2.05) is 4.90 Å². The van der Waals surface area contributed by atoms with Gasteiger partial charge in [-0.05, 0) is 24.7 Å². The van der Waals surface area contributed by atoms with Gasteiger partial charge in [-0.15, -0.1) is 0 Å². The Labute approximate surface area is 123 Å². The molecular weight excluding hydrogens is 252 g/mol. The van der Waals surface area contributed by atoms with Crippen LogP contribution in [-0.4, -0.2) is 42.3 Å². The zero-order valence-corrected chi connectivity index (χ0v) is 13.4. The van der Waals surface area contributed by atoms with E-state index >= 15 is 0 Å². The van der Waals surface area contributed by atoms with E-state index in [0.717, 1.165) is 19.4 Å². The van der Waals surface area contributed by atoms with Crippen LogP contribution in [0.4, 0.5) is 0 Å². The molecule has 1 aliphatic carbocycles. The van der Waals surface area contributed by atoms with Crippen molar-refractivity contribution in [3.05, 3.63) is 0 Å². The molecule has 20 heavy (non-hydrogen) atoms. The fourth-order valence-electron chi connectivity index (χ4n) is 3.41. The zero-order valence-electron chi connectivity index (χ0n) is 13.4. The summed E-state index contributed by atoms with van der Waals surface area (Å²) in [5.74, 6) is 1.29. The predicted octanol–water partition coefficient (Wildman–Crippen LogP) is 2.39. The average Bonchev–Trinajstić information content (AvgIpc) is 2.95. The number of carbonyl (C=O) groups is 1. The van der Waals surface area contributed by atoms with E-state index in [0.29, 0.717) is 30.9 Å². The van der Waals surface area contributed by atoms with Crippen molar-refractivity contribution in [2.45, 2.75) is 65.1 Å². The van der Waals surface area contributed by atoms with Gasteiger partial charge in [-0.25, -0.2) is 0 Å². The van der Waals surface area contributed by atoms with Crippen molar-refractivity contribution in [3.8, 4) is 0 Å². The highest BCUT2D eigenvalue weighted by Crippen LogP contribution is 2.37. The fourth-order valence-corrected chi connectivity index (χ4v) is 3.41. The van der Waals surface area contributed by atoms with Crippen molar-refractivity contribution in [1.82, 2.24) is 10.2 Å². The SMILES string of the molecule is CC(C)COCCN1C(=O)C2(CCCC2)NC1C(C)C. The minimum atomic E-state index is -0.257. The first-order valence-corrected chi connectivity index (χ1v) is 8.13. The third-order valence-electron chi connectivity index (χ3n) is 4.45. The Bertz CT molecular complexity index is 335. The molecule has 4 nitrogen and oxygen atoms in total. The van der Waals surface area contributed by atoms with Crippen molar-refractivity contribution in [3.63, 3.8) is 0 Å². The maximum absolute atomic E-state index is 12.8. The molecule has 1 N–H and O–H groups in total. The highest BCUT2D eigenvalue weighted by Gasteiger charge is 2.52. The normalized spacial score (nSPS) is 25.6. The molecule has 0 bridgehead atoms. The van der Waals surface area contributed by atoms with Gasteiger partial charge < -0.3 is 9.64 Å². The highest BCUT2D eigenvalue weighted by atomic mass is 16.5. The summed E-state index contributed by atoms with van der Waals surface area (Å²) in [5.41, 5.74) is -0.257. The first-order chi connectivity index (χ1) is 9.46. The van der Waals surface area contributed by atoms with Crippen LogP contribution in [0.1, 0.15) is 53.4 Å². The van der Waals surface area contributed by atoms with E-state index in [4.69, 9.17) is 4.74 Å². The summed E-state index contributed by atoms with van der Waals surface area (Å²) in [6.07, 6.45) is 4.50. The molecule has 4 heteroatoms. The largest absolute Gasteiger partial charge is 0.379 e. The molecule has 2 aliphatic rings.